The average Bonchev–Trinajstić information content (AvgIpc) is 2.29. The number of unbranched alkanes of at least 4 members (excludes halogenated alkanes) is 1. The second-order valence-electron chi connectivity index (χ2n) is 3.44. The Labute approximate surface area is 91.8 Å². The molecule has 0 bridgehead atoms. The van der Waals surface area contributed by atoms with E-state index in [2.05, 4.69) is 10.6 Å². The van der Waals surface area contributed by atoms with Crippen LogP contribution in [0.4, 0.5) is 5.69 Å². The van der Waals surface area contributed by atoms with Crippen molar-refractivity contribution >= 4 is 5.69 Å². The van der Waals surface area contributed by atoms with Crippen molar-refractivity contribution in [2.24, 2.45) is 0 Å². The van der Waals surface area contributed by atoms with Gasteiger partial charge in [0.1, 0.15) is 5.75 Å². The number of methoxy groups -OCH3 is 1. The quantitative estimate of drug-likeness (QED) is 0.673. The Kier molecular flexibility index (Phi) is 5.63. The number of ether oxygens (including phenoxy) is 1. The van der Waals surface area contributed by atoms with E-state index in [4.69, 9.17) is 4.74 Å². The normalized spacial score (nSPS) is 10.0. The van der Waals surface area contributed by atoms with E-state index in [0.29, 0.717) is 0 Å². The van der Waals surface area contributed by atoms with E-state index >= 15 is 0 Å². The molecule has 0 atom stereocenters. The number of rotatable bonds is 7. The zero-order valence-corrected chi connectivity index (χ0v) is 9.55. The first-order valence-corrected chi connectivity index (χ1v) is 5.40. The second-order valence-corrected chi connectivity index (χ2v) is 3.44. The third-order valence-electron chi connectivity index (χ3n) is 2.28. The molecule has 0 saturated carbocycles. The molecule has 0 aromatic heterocycles. The summed E-state index contributed by atoms with van der Waals surface area (Å²) in [5.74, 6) is 0.908. The van der Waals surface area contributed by atoms with E-state index in [9.17, 15) is 0 Å². The van der Waals surface area contributed by atoms with E-state index in [-0.39, 0.29) is 0 Å². The Morgan fingerprint density at radius 2 is 1.87 bits per heavy atom. The number of hydrogen-bond acceptors (Lipinski definition) is 3. The van der Waals surface area contributed by atoms with Crippen LogP contribution in [0, 0.1) is 0 Å². The van der Waals surface area contributed by atoms with Gasteiger partial charge in [-0.25, -0.2) is 0 Å². The van der Waals surface area contributed by atoms with Crippen LogP contribution in [0.25, 0.3) is 0 Å². The van der Waals surface area contributed by atoms with Crippen LogP contribution in [0.2, 0.25) is 0 Å². The van der Waals surface area contributed by atoms with Gasteiger partial charge in [-0.05, 0) is 38.6 Å². The van der Waals surface area contributed by atoms with Crippen molar-refractivity contribution in [3.05, 3.63) is 24.3 Å². The maximum absolute atomic E-state index is 5.25. The van der Waals surface area contributed by atoms with E-state index < -0.39 is 0 Å². The second kappa shape index (κ2) is 7.12. The van der Waals surface area contributed by atoms with E-state index in [1.54, 1.807) is 7.11 Å². The highest BCUT2D eigenvalue weighted by atomic mass is 16.5. The molecule has 84 valence electrons. The minimum absolute atomic E-state index is 0.908. The molecule has 0 spiro atoms. The van der Waals surface area contributed by atoms with Crippen molar-refractivity contribution in [2.75, 3.05) is 32.6 Å². The largest absolute Gasteiger partial charge is 0.495 e. The molecule has 0 aliphatic rings. The summed E-state index contributed by atoms with van der Waals surface area (Å²) in [5, 5.41) is 6.51. The van der Waals surface area contributed by atoms with Crippen molar-refractivity contribution < 1.29 is 4.74 Å². The molecule has 0 amide bonds. The summed E-state index contributed by atoms with van der Waals surface area (Å²) in [4.78, 5) is 0. The van der Waals surface area contributed by atoms with Crippen LogP contribution in [0.1, 0.15) is 12.8 Å². The van der Waals surface area contributed by atoms with Gasteiger partial charge in [-0.1, -0.05) is 12.1 Å². The summed E-state index contributed by atoms with van der Waals surface area (Å²) in [6, 6.07) is 8.00. The number of anilines is 1. The lowest BCUT2D eigenvalue weighted by Crippen LogP contribution is -2.10. The van der Waals surface area contributed by atoms with Crippen LogP contribution in [0.5, 0.6) is 5.75 Å². The Morgan fingerprint density at radius 3 is 2.60 bits per heavy atom. The van der Waals surface area contributed by atoms with Crippen LogP contribution in [-0.2, 0) is 0 Å². The SMILES string of the molecule is CNCCCCNc1ccccc1OC. The molecule has 0 aliphatic carbocycles. The van der Waals surface area contributed by atoms with Crippen molar-refractivity contribution in [1.82, 2.24) is 5.32 Å². The summed E-state index contributed by atoms with van der Waals surface area (Å²) < 4.78 is 5.25. The third kappa shape index (κ3) is 4.21. The van der Waals surface area contributed by atoms with E-state index in [1.165, 1.54) is 12.8 Å². The highest BCUT2D eigenvalue weighted by Crippen LogP contribution is 2.22. The fraction of sp³-hybridized carbons (Fsp3) is 0.500. The van der Waals surface area contributed by atoms with Gasteiger partial charge in [0.25, 0.3) is 0 Å². The molecule has 1 aromatic carbocycles. The number of para-hydroxylation sites is 2. The monoisotopic (exact) mass is 208 g/mol. The predicted molar refractivity (Wildman–Crippen MR) is 64.6 cm³/mol. The fourth-order valence-corrected chi connectivity index (χ4v) is 1.44. The highest BCUT2D eigenvalue weighted by Gasteiger charge is 1.98. The van der Waals surface area contributed by atoms with Crippen molar-refractivity contribution in [3.63, 3.8) is 0 Å². The average molecular weight is 208 g/mol. The molecule has 2 N–H and O–H groups in total. The lowest BCUT2D eigenvalue weighted by molar-refractivity contribution is 0.416. The summed E-state index contributed by atoms with van der Waals surface area (Å²) >= 11 is 0. The fourth-order valence-electron chi connectivity index (χ4n) is 1.44. The third-order valence-corrected chi connectivity index (χ3v) is 2.28. The molecule has 1 rings (SSSR count). The molecule has 0 unspecified atom stereocenters. The van der Waals surface area contributed by atoms with Crippen LogP contribution in [0.3, 0.4) is 0 Å². The van der Waals surface area contributed by atoms with Gasteiger partial charge in [0.05, 0.1) is 12.8 Å². The molecule has 0 radical (unpaired) electrons. The minimum Gasteiger partial charge on any atom is -0.495 e. The maximum atomic E-state index is 5.25. The lowest BCUT2D eigenvalue weighted by Gasteiger charge is -2.10. The molecule has 3 heteroatoms. The van der Waals surface area contributed by atoms with Crippen LogP contribution >= 0.6 is 0 Å². The van der Waals surface area contributed by atoms with Crippen LogP contribution in [0.15, 0.2) is 24.3 Å². The Hall–Kier alpha value is -1.22. The zero-order chi connectivity index (χ0) is 10.9. The highest BCUT2D eigenvalue weighted by molar-refractivity contribution is 5.55. The molecular weight excluding hydrogens is 188 g/mol. The van der Waals surface area contributed by atoms with Gasteiger partial charge >= 0.3 is 0 Å². The summed E-state index contributed by atoms with van der Waals surface area (Å²) in [6.07, 6.45) is 2.36. The Bertz CT molecular complexity index is 276. The molecule has 0 heterocycles. The Balaban J connectivity index is 2.30. The van der Waals surface area contributed by atoms with Gasteiger partial charge in [0, 0.05) is 6.54 Å². The molecule has 0 aliphatic heterocycles. The van der Waals surface area contributed by atoms with Crippen molar-refractivity contribution in [2.45, 2.75) is 12.8 Å². The molecule has 0 saturated heterocycles. The van der Waals surface area contributed by atoms with Gasteiger partial charge in [0.2, 0.25) is 0 Å². The molecule has 3 nitrogen and oxygen atoms in total. The van der Waals surface area contributed by atoms with Gasteiger partial charge in [0.15, 0.2) is 0 Å². The molecular formula is C12H20N2O. The molecule has 15 heavy (non-hydrogen) atoms. The smallest absolute Gasteiger partial charge is 0.141 e. The van der Waals surface area contributed by atoms with Gasteiger partial charge in [-0.2, -0.15) is 0 Å². The van der Waals surface area contributed by atoms with Crippen LogP contribution in [-0.4, -0.2) is 27.2 Å². The number of benzene rings is 1. The Morgan fingerprint density at radius 1 is 1.13 bits per heavy atom. The molecule has 0 fully saturated rings. The number of hydrogen-bond donors (Lipinski definition) is 2. The summed E-state index contributed by atoms with van der Waals surface area (Å²) in [6.45, 7) is 2.07. The van der Waals surface area contributed by atoms with E-state index in [1.807, 2.05) is 31.3 Å². The van der Waals surface area contributed by atoms with Gasteiger partial charge in [-0.15, -0.1) is 0 Å². The minimum atomic E-state index is 0.908. The van der Waals surface area contributed by atoms with E-state index in [0.717, 1.165) is 24.5 Å². The predicted octanol–water partition coefficient (Wildman–Crippen LogP) is 2.11. The molecule has 1 aromatic rings. The number of nitrogens with one attached hydrogen (secondary N) is 2. The zero-order valence-electron chi connectivity index (χ0n) is 9.55. The first-order chi connectivity index (χ1) is 7.38. The van der Waals surface area contributed by atoms with Crippen molar-refractivity contribution in [1.29, 1.82) is 0 Å². The first-order valence-electron chi connectivity index (χ1n) is 5.40. The first kappa shape index (κ1) is 11.9. The lowest BCUT2D eigenvalue weighted by atomic mass is 10.2. The van der Waals surface area contributed by atoms with Gasteiger partial charge in [-0.3, -0.25) is 0 Å². The van der Waals surface area contributed by atoms with Gasteiger partial charge < -0.3 is 15.4 Å². The topological polar surface area (TPSA) is 33.3 Å². The summed E-state index contributed by atoms with van der Waals surface area (Å²) in [5.41, 5.74) is 1.07. The van der Waals surface area contributed by atoms with Crippen LogP contribution < -0.4 is 15.4 Å². The van der Waals surface area contributed by atoms with Crippen molar-refractivity contribution in [3.8, 4) is 5.75 Å². The maximum Gasteiger partial charge on any atom is 0.141 e. The summed E-state index contributed by atoms with van der Waals surface area (Å²) in [7, 11) is 3.68. The standard InChI is InChI=1S/C12H20N2O/c1-13-9-5-6-10-14-11-7-3-4-8-12(11)15-2/h3-4,7-8,13-14H,5-6,9-10H2,1-2H3.